The number of hydrogen-bond acceptors (Lipinski definition) is 8. The van der Waals surface area contributed by atoms with Crippen molar-refractivity contribution in [3.63, 3.8) is 0 Å². The zero-order valence-electron chi connectivity index (χ0n) is 15.7. The number of halogens is 4. The highest BCUT2D eigenvalue weighted by molar-refractivity contribution is 9.10. The van der Waals surface area contributed by atoms with Gasteiger partial charge >= 0.3 is 23.9 Å². The van der Waals surface area contributed by atoms with E-state index in [0.717, 1.165) is 0 Å². The van der Waals surface area contributed by atoms with E-state index in [1.807, 2.05) is 0 Å². The first-order chi connectivity index (χ1) is 12.9. The average Bonchev–Trinajstić information content (AvgIpc) is 2.60. The average molecular weight is 662 g/mol. The quantitative estimate of drug-likeness (QED) is 0.189. The monoisotopic (exact) mass is 658 g/mol. The second kappa shape index (κ2) is 13.9. The van der Waals surface area contributed by atoms with Crippen molar-refractivity contribution in [3.8, 4) is 0 Å². The third kappa shape index (κ3) is 11.1. The minimum absolute atomic E-state index is 0.393. The number of rotatable bonds is 11. The van der Waals surface area contributed by atoms with Gasteiger partial charge in [0, 0.05) is 0 Å². The van der Waals surface area contributed by atoms with E-state index in [-0.39, 0.29) is 0 Å². The van der Waals surface area contributed by atoms with Gasteiger partial charge in [-0.25, -0.2) is 0 Å². The van der Waals surface area contributed by atoms with Crippen LogP contribution in [0.5, 0.6) is 0 Å². The summed E-state index contributed by atoms with van der Waals surface area (Å²) in [6.45, 7) is 5.42. The number of hydrogen-bond donors (Lipinski definition) is 0. The molecule has 0 fully saturated rings. The van der Waals surface area contributed by atoms with Gasteiger partial charge in [-0.2, -0.15) is 0 Å². The summed E-state index contributed by atoms with van der Waals surface area (Å²) < 4.78 is 20.8. The molecule has 0 N–H and O–H groups in total. The van der Waals surface area contributed by atoms with Crippen LogP contribution in [-0.2, 0) is 38.1 Å². The SMILES string of the molecule is CC(Br)C(=O)OCC(OC(=O)C(C)Br)C(COC(=O)C(C)Br)OC(=O)C(C)Br. The lowest BCUT2D eigenvalue weighted by Gasteiger charge is -2.27. The molecule has 0 aliphatic carbocycles. The third-order valence-electron chi connectivity index (χ3n) is 3.03. The Morgan fingerprint density at radius 1 is 0.571 bits per heavy atom. The standard InChI is InChI=1S/C16H22Br4O8/c1-7(17)13(21)25-5-11(27-15(23)9(3)19)12(28-16(24)10(4)20)6-26-14(22)8(2)18/h7-12H,5-6H2,1-4H3. The molecule has 6 unspecified atom stereocenters. The van der Waals surface area contributed by atoms with Crippen LogP contribution in [0.2, 0.25) is 0 Å². The van der Waals surface area contributed by atoms with E-state index < -0.39 is 68.6 Å². The van der Waals surface area contributed by atoms with Crippen molar-refractivity contribution < 1.29 is 38.1 Å². The Balaban J connectivity index is 5.47. The molecule has 162 valence electrons. The predicted molar refractivity (Wildman–Crippen MR) is 115 cm³/mol. The van der Waals surface area contributed by atoms with Gasteiger partial charge in [0.25, 0.3) is 0 Å². The van der Waals surface area contributed by atoms with E-state index in [1.54, 1.807) is 27.7 Å². The lowest BCUT2D eigenvalue weighted by molar-refractivity contribution is -0.181. The van der Waals surface area contributed by atoms with Gasteiger partial charge in [-0.1, -0.05) is 63.7 Å². The fourth-order valence-corrected chi connectivity index (χ4v) is 1.96. The van der Waals surface area contributed by atoms with Gasteiger partial charge in [-0.3, -0.25) is 19.2 Å². The summed E-state index contributed by atoms with van der Waals surface area (Å²) >= 11 is 12.3. The van der Waals surface area contributed by atoms with Gasteiger partial charge in [0.2, 0.25) is 0 Å². The van der Waals surface area contributed by atoms with Crippen molar-refractivity contribution in [1.29, 1.82) is 0 Å². The molecule has 6 atom stereocenters. The Kier molecular flexibility index (Phi) is 13.8. The van der Waals surface area contributed by atoms with Crippen LogP contribution in [0.3, 0.4) is 0 Å². The van der Waals surface area contributed by atoms with E-state index in [4.69, 9.17) is 18.9 Å². The first kappa shape index (κ1) is 27.8. The molecule has 28 heavy (non-hydrogen) atoms. The minimum atomic E-state index is -1.18. The largest absolute Gasteiger partial charge is 0.461 e. The predicted octanol–water partition coefficient (Wildman–Crippen LogP) is 3.03. The first-order valence-electron chi connectivity index (χ1n) is 8.17. The van der Waals surface area contributed by atoms with Crippen molar-refractivity contribution in [2.45, 2.75) is 59.2 Å². The summed E-state index contributed by atoms with van der Waals surface area (Å²) in [5.41, 5.74) is 0. The molecule has 0 radical (unpaired) electrons. The van der Waals surface area contributed by atoms with Gasteiger partial charge < -0.3 is 18.9 Å². The van der Waals surface area contributed by atoms with Gasteiger partial charge in [0.15, 0.2) is 12.2 Å². The molecule has 0 aromatic rings. The van der Waals surface area contributed by atoms with Crippen molar-refractivity contribution in [3.05, 3.63) is 0 Å². The molecule has 0 saturated heterocycles. The smallest absolute Gasteiger partial charge is 0.319 e. The minimum Gasteiger partial charge on any atom is -0.461 e. The summed E-state index contributed by atoms with van der Waals surface area (Å²) in [5.74, 6) is -2.53. The summed E-state index contributed by atoms with van der Waals surface area (Å²) in [5, 5.41) is 0. The molecule has 0 saturated carbocycles. The van der Waals surface area contributed by atoms with Gasteiger partial charge in [0.1, 0.15) is 32.5 Å². The Morgan fingerprint density at radius 3 is 1.04 bits per heavy atom. The van der Waals surface area contributed by atoms with Gasteiger partial charge in [-0.15, -0.1) is 0 Å². The van der Waals surface area contributed by atoms with Gasteiger partial charge in [0.05, 0.1) is 0 Å². The number of carbonyl (C=O) groups is 4. The molecule has 0 aromatic carbocycles. The van der Waals surface area contributed by atoms with Crippen molar-refractivity contribution in [2.24, 2.45) is 0 Å². The third-order valence-corrected chi connectivity index (χ3v) is 4.52. The van der Waals surface area contributed by atoms with E-state index in [1.165, 1.54) is 0 Å². The molecule has 0 bridgehead atoms. The molecule has 0 spiro atoms. The number of esters is 4. The Hall–Kier alpha value is -0.200. The Bertz CT molecular complexity index is 503. The molecule has 0 rings (SSSR count). The lowest BCUT2D eigenvalue weighted by Crippen LogP contribution is -2.44. The lowest BCUT2D eigenvalue weighted by atomic mass is 10.2. The molecular weight excluding hydrogens is 640 g/mol. The second-order valence-corrected chi connectivity index (χ2v) is 11.2. The molecule has 0 amide bonds. The van der Waals surface area contributed by atoms with Crippen LogP contribution in [0.25, 0.3) is 0 Å². The highest BCUT2D eigenvalue weighted by Crippen LogP contribution is 2.15. The van der Waals surface area contributed by atoms with Crippen LogP contribution >= 0.6 is 63.7 Å². The van der Waals surface area contributed by atoms with Crippen molar-refractivity contribution in [1.82, 2.24) is 0 Å². The maximum Gasteiger partial charge on any atom is 0.319 e. The first-order valence-corrected chi connectivity index (χ1v) is 11.8. The van der Waals surface area contributed by atoms with Crippen LogP contribution in [0, 0.1) is 0 Å². The summed E-state index contributed by atoms with van der Waals surface area (Å²) in [4.78, 5) is 45.0. The van der Waals surface area contributed by atoms with Crippen LogP contribution in [0.4, 0.5) is 0 Å². The summed E-state index contributed by atoms with van der Waals surface area (Å²) in [6, 6.07) is 0. The Labute approximate surface area is 197 Å². The highest BCUT2D eigenvalue weighted by atomic mass is 79.9. The van der Waals surface area contributed by atoms with Crippen LogP contribution < -0.4 is 0 Å². The normalized spacial score (nSPS) is 17.3. The van der Waals surface area contributed by atoms with Crippen molar-refractivity contribution in [2.75, 3.05) is 13.2 Å². The molecule has 0 aliphatic heterocycles. The summed E-state index contributed by atoms with van der Waals surface area (Å²) in [7, 11) is 0. The molecule has 0 aromatic heterocycles. The zero-order valence-corrected chi connectivity index (χ0v) is 22.0. The molecule has 0 heterocycles. The van der Waals surface area contributed by atoms with Crippen LogP contribution in [-0.4, -0.2) is 68.6 Å². The molecular formula is C16H22Br4O8. The fraction of sp³-hybridized carbons (Fsp3) is 0.750. The molecule has 12 heteroatoms. The Morgan fingerprint density at radius 2 is 0.821 bits per heavy atom. The maximum absolute atomic E-state index is 12.0. The van der Waals surface area contributed by atoms with E-state index in [0.29, 0.717) is 0 Å². The van der Waals surface area contributed by atoms with E-state index in [2.05, 4.69) is 63.7 Å². The van der Waals surface area contributed by atoms with Crippen LogP contribution in [0.15, 0.2) is 0 Å². The fourth-order valence-electron chi connectivity index (χ4n) is 1.48. The topological polar surface area (TPSA) is 105 Å². The highest BCUT2D eigenvalue weighted by Gasteiger charge is 2.34. The van der Waals surface area contributed by atoms with Gasteiger partial charge in [-0.05, 0) is 27.7 Å². The number of ether oxygens (including phenoxy) is 4. The number of carbonyl (C=O) groups excluding carboxylic acids is 4. The molecule has 8 nitrogen and oxygen atoms in total. The second-order valence-electron chi connectivity index (χ2n) is 5.67. The zero-order chi connectivity index (χ0) is 22.0. The van der Waals surface area contributed by atoms with E-state index in [9.17, 15) is 19.2 Å². The van der Waals surface area contributed by atoms with Crippen molar-refractivity contribution >= 4 is 87.6 Å². The number of alkyl halides is 4. The summed E-state index contributed by atoms with van der Waals surface area (Å²) in [6.07, 6.45) is -2.37. The molecule has 0 aliphatic rings. The van der Waals surface area contributed by atoms with Crippen LogP contribution in [0.1, 0.15) is 27.7 Å². The van der Waals surface area contributed by atoms with E-state index >= 15 is 0 Å². The maximum atomic E-state index is 12.0.